The van der Waals surface area contributed by atoms with E-state index in [1.165, 1.54) is 96.3 Å². The highest BCUT2D eigenvalue weighted by atomic mass is 31.2. The maximum Gasteiger partial charge on any atom is 0.306 e. The van der Waals surface area contributed by atoms with E-state index in [2.05, 4.69) is 111 Å². The van der Waals surface area contributed by atoms with Crippen molar-refractivity contribution in [3.63, 3.8) is 0 Å². The Kier molecular flexibility index (Phi) is 49.6. The van der Waals surface area contributed by atoms with Crippen LogP contribution < -0.4 is 4.89 Å². The summed E-state index contributed by atoms with van der Waals surface area (Å²) in [7, 11) is 1.16. The highest BCUT2D eigenvalue weighted by Crippen LogP contribution is 2.38. The first-order valence-corrected chi connectivity index (χ1v) is 29.9. The molecule has 0 aliphatic rings. The molecular weight excluding hydrogens is 906 g/mol. The summed E-state index contributed by atoms with van der Waals surface area (Å²) in [5, 5.41) is 0. The third-order valence-corrected chi connectivity index (χ3v) is 12.8. The molecule has 0 amide bonds. The first-order chi connectivity index (χ1) is 34.5. The number of rotatable bonds is 51. The van der Waals surface area contributed by atoms with Crippen LogP contribution in [0.3, 0.4) is 0 Å². The van der Waals surface area contributed by atoms with Crippen LogP contribution in [0.25, 0.3) is 0 Å². The molecule has 9 nitrogen and oxygen atoms in total. The number of unbranched alkanes of at least 4 members (excludes halogenated alkanes) is 21. The number of carbonyl (C=O) groups excluding carboxylic acids is 2. The van der Waals surface area contributed by atoms with E-state index >= 15 is 0 Å². The molecule has 0 fully saturated rings. The number of phosphoric acid groups is 1. The van der Waals surface area contributed by atoms with E-state index in [1.807, 2.05) is 21.1 Å². The molecule has 0 aromatic carbocycles. The number of hydrogen-bond acceptors (Lipinski definition) is 8. The van der Waals surface area contributed by atoms with Crippen LogP contribution in [0.1, 0.15) is 226 Å². The van der Waals surface area contributed by atoms with Gasteiger partial charge in [0.25, 0.3) is 7.82 Å². The van der Waals surface area contributed by atoms with E-state index in [-0.39, 0.29) is 32.0 Å². The average Bonchev–Trinajstić information content (AvgIpc) is 3.33. The zero-order valence-corrected chi connectivity index (χ0v) is 47.0. The van der Waals surface area contributed by atoms with Crippen molar-refractivity contribution in [3.8, 4) is 0 Å². The average molecular weight is 1010 g/mol. The van der Waals surface area contributed by atoms with E-state index in [0.717, 1.165) is 96.3 Å². The Morgan fingerprint density at radius 1 is 0.451 bits per heavy atom. The Balaban J connectivity index is 4.10. The largest absolute Gasteiger partial charge is 0.756 e. The molecule has 0 aliphatic heterocycles. The van der Waals surface area contributed by atoms with Crippen LogP contribution in [0.4, 0.5) is 0 Å². The minimum absolute atomic E-state index is 0.0344. The van der Waals surface area contributed by atoms with Crippen molar-refractivity contribution >= 4 is 19.8 Å². The lowest BCUT2D eigenvalue weighted by Crippen LogP contribution is -2.37. The maximum atomic E-state index is 12.8. The number of allylic oxidation sites excluding steroid dienone is 16. The first-order valence-electron chi connectivity index (χ1n) is 28.4. The molecule has 0 radical (unpaired) electrons. The summed E-state index contributed by atoms with van der Waals surface area (Å²) in [6, 6.07) is 0. The van der Waals surface area contributed by atoms with Gasteiger partial charge in [0.2, 0.25) is 0 Å². The molecule has 408 valence electrons. The number of ether oxygens (including phenoxy) is 2. The van der Waals surface area contributed by atoms with Gasteiger partial charge in [-0.05, 0) is 77.0 Å². The van der Waals surface area contributed by atoms with Gasteiger partial charge in [0.05, 0.1) is 27.7 Å². The highest BCUT2D eigenvalue weighted by molar-refractivity contribution is 7.45. The van der Waals surface area contributed by atoms with E-state index in [1.54, 1.807) is 0 Å². The molecule has 0 N–H and O–H groups in total. The predicted molar refractivity (Wildman–Crippen MR) is 300 cm³/mol. The third-order valence-electron chi connectivity index (χ3n) is 11.9. The first kappa shape index (κ1) is 67.9. The van der Waals surface area contributed by atoms with E-state index in [9.17, 15) is 19.0 Å². The molecule has 10 heteroatoms. The Labute approximate surface area is 436 Å². The van der Waals surface area contributed by atoms with Crippen LogP contribution in [0.15, 0.2) is 97.2 Å². The molecule has 0 saturated heterocycles. The van der Waals surface area contributed by atoms with Crippen molar-refractivity contribution in [2.45, 2.75) is 232 Å². The van der Waals surface area contributed by atoms with Crippen molar-refractivity contribution in [3.05, 3.63) is 97.2 Å². The van der Waals surface area contributed by atoms with Gasteiger partial charge in [-0.3, -0.25) is 14.2 Å². The number of quaternary nitrogens is 1. The minimum Gasteiger partial charge on any atom is -0.756 e. The van der Waals surface area contributed by atoms with Gasteiger partial charge < -0.3 is 27.9 Å². The Morgan fingerprint density at radius 2 is 0.803 bits per heavy atom. The normalized spacial score (nSPS) is 14.1. The molecule has 0 aliphatic carbocycles. The maximum absolute atomic E-state index is 12.8. The molecule has 0 rings (SSSR count). The topological polar surface area (TPSA) is 111 Å². The van der Waals surface area contributed by atoms with Crippen LogP contribution in [-0.2, 0) is 32.7 Å². The number of esters is 2. The van der Waals surface area contributed by atoms with Crippen LogP contribution in [0.2, 0.25) is 0 Å². The molecule has 0 bridgehead atoms. The molecule has 0 heterocycles. The molecule has 0 saturated carbocycles. The van der Waals surface area contributed by atoms with E-state index in [4.69, 9.17) is 18.5 Å². The quantitative estimate of drug-likeness (QED) is 0.0195. The van der Waals surface area contributed by atoms with Gasteiger partial charge in [-0.1, -0.05) is 233 Å². The molecule has 2 atom stereocenters. The van der Waals surface area contributed by atoms with Gasteiger partial charge >= 0.3 is 11.9 Å². The molecule has 0 spiro atoms. The second-order valence-electron chi connectivity index (χ2n) is 19.9. The zero-order chi connectivity index (χ0) is 52.0. The minimum atomic E-state index is -4.63. The van der Waals surface area contributed by atoms with Crippen molar-refractivity contribution < 1.29 is 42.1 Å². The summed E-state index contributed by atoms with van der Waals surface area (Å²) in [6.45, 7) is 4.11. The summed E-state index contributed by atoms with van der Waals surface area (Å²) >= 11 is 0. The van der Waals surface area contributed by atoms with Crippen molar-refractivity contribution in [1.82, 2.24) is 0 Å². The van der Waals surface area contributed by atoms with Crippen LogP contribution in [0.5, 0.6) is 0 Å². The van der Waals surface area contributed by atoms with E-state index < -0.39 is 26.5 Å². The van der Waals surface area contributed by atoms with Gasteiger partial charge in [0.1, 0.15) is 19.8 Å². The van der Waals surface area contributed by atoms with Crippen LogP contribution in [-0.4, -0.2) is 70.0 Å². The number of likely N-dealkylation sites (N-methyl/N-ethyl adjacent to an activating group) is 1. The standard InChI is InChI=1S/C61H106NO8P/c1-6-8-10-12-14-16-18-20-21-22-23-24-25-26-27-28-29-30-31-32-33-34-35-36-37-38-39-40-41-42-44-46-48-50-52-54-61(64)70-59(58-69-71(65,66)68-56-55-62(3,4)5)57-67-60(63)53-51-49-47-45-43-19-17-15-13-11-9-7-2/h8,10,14,16,20-21,23-24,26-27,29-30,32-33,35-36,59H,6-7,9,11-13,15,17-19,22,25,28,31,34,37-58H2,1-5H3/b10-8-,16-14-,21-20-,24-23-,27-26-,30-29-,33-32-,36-35-. The van der Waals surface area contributed by atoms with Crippen LogP contribution >= 0.6 is 7.82 Å². The fourth-order valence-corrected chi connectivity index (χ4v) is 8.22. The summed E-state index contributed by atoms with van der Waals surface area (Å²) in [6.07, 6.45) is 70.3. The van der Waals surface area contributed by atoms with E-state index in [0.29, 0.717) is 17.4 Å². The SMILES string of the molecule is CC/C=C\C/C=C\C/C=C\C/C=C\C/C=C\C/C=C\C/C=C\C/C=C\CCCCCCCCCCCCC(=O)OC(COC(=O)CCCCCCCCCCCCCC)COP(=O)([O-])OCC[N+](C)(C)C. The lowest BCUT2D eigenvalue weighted by atomic mass is 10.0. The van der Waals surface area contributed by atoms with Gasteiger partial charge in [0, 0.05) is 12.8 Å². The van der Waals surface area contributed by atoms with Gasteiger partial charge in [0.15, 0.2) is 6.10 Å². The summed E-state index contributed by atoms with van der Waals surface area (Å²) < 4.78 is 34.1. The third kappa shape index (κ3) is 56.1. The smallest absolute Gasteiger partial charge is 0.306 e. The predicted octanol–water partition coefficient (Wildman–Crippen LogP) is 17.0. The number of phosphoric ester groups is 1. The lowest BCUT2D eigenvalue weighted by molar-refractivity contribution is -0.870. The Hall–Kier alpha value is -3.07. The molecule has 71 heavy (non-hydrogen) atoms. The fourth-order valence-electron chi connectivity index (χ4n) is 7.49. The molecule has 0 aromatic rings. The Morgan fingerprint density at radius 3 is 1.20 bits per heavy atom. The highest BCUT2D eigenvalue weighted by Gasteiger charge is 2.21. The molecular formula is C61H106NO8P. The second-order valence-corrected chi connectivity index (χ2v) is 21.3. The second kappa shape index (κ2) is 51.8. The summed E-state index contributed by atoms with van der Waals surface area (Å²) in [5.74, 6) is -0.840. The van der Waals surface area contributed by atoms with Gasteiger partial charge in [-0.25, -0.2) is 0 Å². The number of carbonyl (C=O) groups is 2. The fraction of sp³-hybridized carbons (Fsp3) is 0.705. The molecule has 2 unspecified atom stereocenters. The van der Waals surface area contributed by atoms with Gasteiger partial charge in [-0.2, -0.15) is 0 Å². The van der Waals surface area contributed by atoms with Crippen LogP contribution in [0, 0.1) is 0 Å². The van der Waals surface area contributed by atoms with Gasteiger partial charge in [-0.15, -0.1) is 0 Å². The monoisotopic (exact) mass is 1010 g/mol. The summed E-state index contributed by atoms with van der Waals surface area (Å²) in [4.78, 5) is 37.7. The number of hydrogen-bond donors (Lipinski definition) is 0. The summed E-state index contributed by atoms with van der Waals surface area (Å²) in [5.41, 5.74) is 0. The molecule has 0 aromatic heterocycles. The van der Waals surface area contributed by atoms with Crippen molar-refractivity contribution in [1.29, 1.82) is 0 Å². The van der Waals surface area contributed by atoms with Crippen molar-refractivity contribution in [2.75, 3.05) is 47.5 Å². The lowest BCUT2D eigenvalue weighted by Gasteiger charge is -2.28. The Bertz CT molecular complexity index is 1520. The van der Waals surface area contributed by atoms with Crippen molar-refractivity contribution in [2.24, 2.45) is 0 Å². The number of nitrogens with zero attached hydrogens (tertiary/aromatic N) is 1. The zero-order valence-electron chi connectivity index (χ0n) is 46.1.